The van der Waals surface area contributed by atoms with Crippen molar-refractivity contribution in [2.75, 3.05) is 79.3 Å². The molecule has 0 N–H and O–H groups in total. The molecule has 1 saturated heterocycles. The summed E-state index contributed by atoms with van der Waals surface area (Å²) in [6.45, 7) is 7.75. The second kappa shape index (κ2) is 15.2. The SMILES string of the molecule is C1COCCOCCOCCCOCCOCCOC1. The first-order chi connectivity index (χ1) is 10.0. The summed E-state index contributed by atoms with van der Waals surface area (Å²) < 4.78 is 32.5. The average molecular weight is 292 g/mol. The maximum Gasteiger partial charge on any atom is 0.0701 e. The van der Waals surface area contributed by atoms with E-state index in [1.165, 1.54) is 0 Å². The third-order valence-electron chi connectivity index (χ3n) is 2.64. The lowest BCUT2D eigenvalue weighted by molar-refractivity contribution is -0.0104. The fourth-order valence-electron chi connectivity index (χ4n) is 1.61. The van der Waals surface area contributed by atoms with Gasteiger partial charge in [-0.15, -0.1) is 0 Å². The Bertz CT molecular complexity index is 104. The molecule has 0 aliphatic carbocycles. The van der Waals surface area contributed by atoms with E-state index in [-0.39, 0.29) is 0 Å². The van der Waals surface area contributed by atoms with Gasteiger partial charge in [-0.1, -0.05) is 0 Å². The minimum atomic E-state index is 0.612. The van der Waals surface area contributed by atoms with Crippen molar-refractivity contribution in [1.82, 2.24) is 0 Å². The van der Waals surface area contributed by atoms with Gasteiger partial charge in [-0.2, -0.15) is 0 Å². The van der Waals surface area contributed by atoms with E-state index in [9.17, 15) is 0 Å². The van der Waals surface area contributed by atoms with Gasteiger partial charge in [-0.05, 0) is 12.8 Å². The maximum absolute atomic E-state index is 5.42. The van der Waals surface area contributed by atoms with Gasteiger partial charge in [-0.25, -0.2) is 0 Å². The van der Waals surface area contributed by atoms with Crippen LogP contribution in [-0.2, 0) is 28.4 Å². The summed E-state index contributed by atoms with van der Waals surface area (Å²) >= 11 is 0. The number of hydrogen-bond donors (Lipinski definition) is 0. The van der Waals surface area contributed by atoms with E-state index in [2.05, 4.69) is 0 Å². The van der Waals surface area contributed by atoms with Crippen LogP contribution in [-0.4, -0.2) is 79.3 Å². The van der Waals surface area contributed by atoms with Crippen molar-refractivity contribution in [3.63, 3.8) is 0 Å². The normalized spacial score (nSPS) is 24.0. The summed E-state index contributed by atoms with van der Waals surface area (Å²) in [4.78, 5) is 0. The van der Waals surface area contributed by atoms with Crippen LogP contribution >= 0.6 is 0 Å². The minimum Gasteiger partial charge on any atom is -0.379 e. The van der Waals surface area contributed by atoms with E-state index in [0.29, 0.717) is 79.3 Å². The van der Waals surface area contributed by atoms with Crippen LogP contribution < -0.4 is 0 Å². The van der Waals surface area contributed by atoms with Crippen LogP contribution in [0.25, 0.3) is 0 Å². The van der Waals surface area contributed by atoms with Crippen molar-refractivity contribution in [2.45, 2.75) is 12.8 Å². The van der Waals surface area contributed by atoms with Crippen LogP contribution in [0.5, 0.6) is 0 Å². The molecule has 6 heteroatoms. The van der Waals surface area contributed by atoms with Crippen molar-refractivity contribution in [1.29, 1.82) is 0 Å². The molecule has 0 atom stereocenters. The molecule has 0 spiro atoms. The Balaban J connectivity index is 2.00. The van der Waals surface area contributed by atoms with Gasteiger partial charge in [0.1, 0.15) is 0 Å². The molecule has 6 nitrogen and oxygen atoms in total. The van der Waals surface area contributed by atoms with E-state index in [4.69, 9.17) is 28.4 Å². The van der Waals surface area contributed by atoms with E-state index in [1.807, 2.05) is 0 Å². The minimum absolute atomic E-state index is 0.612. The van der Waals surface area contributed by atoms with Crippen molar-refractivity contribution in [2.24, 2.45) is 0 Å². The number of hydrogen-bond acceptors (Lipinski definition) is 6. The highest BCUT2D eigenvalue weighted by molar-refractivity contribution is 4.40. The molecule has 0 aromatic carbocycles. The summed E-state index contributed by atoms with van der Waals surface area (Å²) in [7, 11) is 0. The standard InChI is InChI=1S/C14H28O6/c1-3-15-7-11-19-13-9-17-5-2-6-18-10-14-20-12-8-16-4-1/h1-14H2. The molecular weight excluding hydrogens is 264 g/mol. The predicted molar refractivity (Wildman–Crippen MR) is 74.1 cm³/mol. The van der Waals surface area contributed by atoms with Crippen molar-refractivity contribution in [3.8, 4) is 0 Å². The zero-order valence-electron chi connectivity index (χ0n) is 12.3. The summed E-state index contributed by atoms with van der Waals surface area (Å²) in [5.74, 6) is 0. The highest BCUT2D eigenvalue weighted by Crippen LogP contribution is 1.90. The quantitative estimate of drug-likeness (QED) is 0.660. The second-order valence-electron chi connectivity index (χ2n) is 4.38. The summed E-state index contributed by atoms with van der Waals surface area (Å²) in [5, 5.41) is 0. The van der Waals surface area contributed by atoms with Gasteiger partial charge in [0, 0.05) is 26.4 Å². The Hall–Kier alpha value is -0.240. The molecule has 0 aromatic heterocycles. The van der Waals surface area contributed by atoms with Gasteiger partial charge < -0.3 is 28.4 Å². The van der Waals surface area contributed by atoms with E-state index >= 15 is 0 Å². The van der Waals surface area contributed by atoms with Crippen molar-refractivity contribution < 1.29 is 28.4 Å². The van der Waals surface area contributed by atoms with Crippen LogP contribution in [0.3, 0.4) is 0 Å². The second-order valence-corrected chi connectivity index (χ2v) is 4.38. The molecular formula is C14H28O6. The molecule has 0 unspecified atom stereocenters. The molecule has 1 rings (SSSR count). The van der Waals surface area contributed by atoms with E-state index in [0.717, 1.165) is 12.8 Å². The molecule has 0 amide bonds. The Morgan fingerprint density at radius 1 is 0.250 bits per heavy atom. The molecule has 0 saturated carbocycles. The lowest BCUT2D eigenvalue weighted by Crippen LogP contribution is -2.13. The average Bonchev–Trinajstić information content (AvgIpc) is 2.46. The molecule has 120 valence electrons. The fraction of sp³-hybridized carbons (Fsp3) is 1.00. The van der Waals surface area contributed by atoms with Crippen molar-refractivity contribution >= 4 is 0 Å². The lowest BCUT2D eigenvalue weighted by Gasteiger charge is -2.09. The molecule has 1 heterocycles. The topological polar surface area (TPSA) is 55.4 Å². The van der Waals surface area contributed by atoms with E-state index < -0.39 is 0 Å². The summed E-state index contributed by atoms with van der Waals surface area (Å²) in [6, 6.07) is 0. The zero-order chi connectivity index (χ0) is 14.1. The summed E-state index contributed by atoms with van der Waals surface area (Å²) in [6.07, 6.45) is 1.79. The molecule has 0 aromatic rings. The third-order valence-corrected chi connectivity index (χ3v) is 2.64. The number of rotatable bonds is 0. The van der Waals surface area contributed by atoms with Gasteiger partial charge in [0.05, 0.1) is 52.9 Å². The molecule has 0 radical (unpaired) electrons. The highest BCUT2D eigenvalue weighted by atomic mass is 16.6. The van der Waals surface area contributed by atoms with Crippen molar-refractivity contribution in [3.05, 3.63) is 0 Å². The molecule has 1 aliphatic rings. The summed E-state index contributed by atoms with van der Waals surface area (Å²) in [5.41, 5.74) is 0. The zero-order valence-corrected chi connectivity index (χ0v) is 12.3. The monoisotopic (exact) mass is 292 g/mol. The van der Waals surface area contributed by atoms with Gasteiger partial charge in [0.2, 0.25) is 0 Å². The van der Waals surface area contributed by atoms with Gasteiger partial charge in [-0.3, -0.25) is 0 Å². The van der Waals surface area contributed by atoms with Crippen LogP contribution in [0, 0.1) is 0 Å². The van der Waals surface area contributed by atoms with Crippen LogP contribution in [0.4, 0.5) is 0 Å². The fourth-order valence-corrected chi connectivity index (χ4v) is 1.61. The van der Waals surface area contributed by atoms with Gasteiger partial charge in [0.25, 0.3) is 0 Å². The largest absolute Gasteiger partial charge is 0.379 e. The van der Waals surface area contributed by atoms with Gasteiger partial charge in [0.15, 0.2) is 0 Å². The van der Waals surface area contributed by atoms with E-state index in [1.54, 1.807) is 0 Å². The maximum atomic E-state index is 5.42. The van der Waals surface area contributed by atoms with Crippen LogP contribution in [0.2, 0.25) is 0 Å². The lowest BCUT2D eigenvalue weighted by atomic mass is 10.5. The first-order valence-electron chi connectivity index (χ1n) is 7.46. The Kier molecular flexibility index (Phi) is 13.5. The Labute approximate surface area is 121 Å². The molecule has 0 bridgehead atoms. The highest BCUT2D eigenvalue weighted by Gasteiger charge is 1.95. The Morgan fingerprint density at radius 3 is 0.700 bits per heavy atom. The third kappa shape index (κ3) is 12.8. The molecule has 1 fully saturated rings. The number of ether oxygens (including phenoxy) is 6. The molecule has 1 aliphatic heterocycles. The first-order valence-corrected chi connectivity index (χ1v) is 7.46. The first kappa shape index (κ1) is 17.8. The van der Waals surface area contributed by atoms with Crippen LogP contribution in [0.15, 0.2) is 0 Å². The smallest absolute Gasteiger partial charge is 0.0701 e. The molecule has 20 heavy (non-hydrogen) atoms. The van der Waals surface area contributed by atoms with Gasteiger partial charge >= 0.3 is 0 Å². The van der Waals surface area contributed by atoms with Crippen LogP contribution in [0.1, 0.15) is 12.8 Å². The predicted octanol–water partition coefficient (Wildman–Crippen LogP) is 0.880. The Morgan fingerprint density at radius 2 is 0.450 bits per heavy atom.